The third kappa shape index (κ3) is 7.02. The largest absolute Gasteiger partial charge is 0.493 e. The molecular formula is C28H39FN2O4. The van der Waals surface area contributed by atoms with Gasteiger partial charge < -0.3 is 23.8 Å². The first-order valence-corrected chi connectivity index (χ1v) is 12.0. The molecule has 0 fully saturated rings. The molecular weight excluding hydrogens is 447 g/mol. The summed E-state index contributed by atoms with van der Waals surface area (Å²) in [6, 6.07) is 14.1. The Morgan fingerprint density at radius 1 is 0.857 bits per heavy atom. The highest BCUT2D eigenvalue weighted by Crippen LogP contribution is 2.40. The third-order valence-electron chi connectivity index (χ3n) is 6.69. The van der Waals surface area contributed by atoms with Gasteiger partial charge in [-0.05, 0) is 67.1 Å². The molecule has 2 aromatic rings. The third-order valence-corrected chi connectivity index (χ3v) is 6.69. The fraction of sp³-hybridized carbons (Fsp3) is 0.536. The first kappa shape index (κ1) is 28.3. The van der Waals surface area contributed by atoms with Gasteiger partial charge in [0.2, 0.25) is 0 Å². The van der Waals surface area contributed by atoms with Gasteiger partial charge in [0.05, 0.1) is 39.9 Å². The van der Waals surface area contributed by atoms with Crippen LogP contribution in [0.5, 0.6) is 23.0 Å². The number of hydrogen-bond donors (Lipinski definition) is 0. The predicted molar refractivity (Wildman–Crippen MR) is 137 cm³/mol. The minimum absolute atomic E-state index is 0.0898. The van der Waals surface area contributed by atoms with Crippen molar-refractivity contribution < 1.29 is 23.3 Å². The second-order valence-corrected chi connectivity index (χ2v) is 8.88. The van der Waals surface area contributed by atoms with Crippen LogP contribution in [0.2, 0.25) is 0 Å². The highest BCUT2D eigenvalue weighted by Gasteiger charge is 2.36. The quantitative estimate of drug-likeness (QED) is 0.334. The van der Waals surface area contributed by atoms with Gasteiger partial charge in [0.25, 0.3) is 0 Å². The molecule has 0 heterocycles. The van der Waals surface area contributed by atoms with Gasteiger partial charge in [-0.2, -0.15) is 5.26 Å². The smallest absolute Gasteiger partial charge is 0.161 e. The molecule has 7 heteroatoms. The van der Waals surface area contributed by atoms with Gasteiger partial charge in [0.1, 0.15) is 6.67 Å². The van der Waals surface area contributed by atoms with Crippen molar-refractivity contribution in [3.05, 3.63) is 47.5 Å². The van der Waals surface area contributed by atoms with E-state index in [-0.39, 0.29) is 5.92 Å². The summed E-state index contributed by atoms with van der Waals surface area (Å²) in [6.45, 7) is 5.52. The van der Waals surface area contributed by atoms with Crippen LogP contribution in [0.1, 0.15) is 37.8 Å². The maximum atomic E-state index is 13.3. The van der Waals surface area contributed by atoms with Gasteiger partial charge in [-0.25, -0.2) is 4.39 Å². The fourth-order valence-electron chi connectivity index (χ4n) is 4.49. The number of alkyl halides is 1. The van der Waals surface area contributed by atoms with Crippen molar-refractivity contribution >= 4 is 0 Å². The van der Waals surface area contributed by atoms with E-state index in [1.807, 2.05) is 36.4 Å². The Morgan fingerprint density at radius 3 is 2.00 bits per heavy atom. The molecule has 192 valence electrons. The molecule has 0 saturated heterocycles. The van der Waals surface area contributed by atoms with Crippen molar-refractivity contribution in [2.45, 2.75) is 38.5 Å². The molecule has 6 nitrogen and oxygen atoms in total. The first-order valence-electron chi connectivity index (χ1n) is 12.0. The molecule has 0 bridgehead atoms. The van der Waals surface area contributed by atoms with Gasteiger partial charge in [0.15, 0.2) is 23.0 Å². The van der Waals surface area contributed by atoms with Gasteiger partial charge in [0, 0.05) is 13.1 Å². The average molecular weight is 487 g/mol. The van der Waals surface area contributed by atoms with Gasteiger partial charge in [-0.3, -0.25) is 0 Å². The van der Waals surface area contributed by atoms with E-state index in [1.165, 1.54) is 0 Å². The molecule has 0 N–H and O–H groups in total. The van der Waals surface area contributed by atoms with Gasteiger partial charge >= 0.3 is 0 Å². The molecule has 0 aliphatic heterocycles. The lowest BCUT2D eigenvalue weighted by molar-refractivity contribution is 0.233. The zero-order valence-corrected chi connectivity index (χ0v) is 21.9. The summed E-state index contributed by atoms with van der Waals surface area (Å²) in [5, 5.41) is 10.3. The molecule has 2 rings (SSSR count). The van der Waals surface area contributed by atoms with Crippen LogP contribution in [-0.4, -0.2) is 59.6 Å². The summed E-state index contributed by atoms with van der Waals surface area (Å²) >= 11 is 0. The Labute approximate surface area is 209 Å². The number of hydrogen-bond acceptors (Lipinski definition) is 6. The molecule has 1 atom stereocenters. The Kier molecular flexibility index (Phi) is 11.1. The van der Waals surface area contributed by atoms with Crippen LogP contribution >= 0.6 is 0 Å². The molecule has 2 aromatic carbocycles. The minimum atomic E-state index is -0.676. The normalized spacial score (nSPS) is 12.8. The first-order chi connectivity index (χ1) is 16.9. The highest BCUT2D eigenvalue weighted by molar-refractivity contribution is 5.47. The molecule has 0 aliphatic carbocycles. The lowest BCUT2D eigenvalue weighted by Gasteiger charge is -2.33. The number of rotatable bonds is 15. The number of benzene rings is 2. The summed E-state index contributed by atoms with van der Waals surface area (Å²) in [4.78, 5) is 2.12. The number of nitriles is 1. The van der Waals surface area contributed by atoms with Crippen LogP contribution in [0.4, 0.5) is 4.39 Å². The standard InChI is InChI=1S/C28H39FN2O4/c1-21(2)28(20-30,23-9-11-25(33-4)27(19-23)35-6)13-7-15-31(17-14-29)16-12-22-8-10-24(32-3)26(18-22)34-5/h8-11,18-19,21H,7,12-17H2,1-6H3/t28-/m1/s1. The maximum Gasteiger partial charge on any atom is 0.161 e. The average Bonchev–Trinajstić information content (AvgIpc) is 2.88. The van der Waals surface area contributed by atoms with Crippen molar-refractivity contribution in [2.24, 2.45) is 5.92 Å². The van der Waals surface area contributed by atoms with Crippen molar-refractivity contribution in [3.63, 3.8) is 0 Å². The van der Waals surface area contributed by atoms with Crippen LogP contribution in [0, 0.1) is 17.2 Å². The molecule has 0 saturated carbocycles. The zero-order chi connectivity index (χ0) is 25.8. The molecule has 0 unspecified atom stereocenters. The molecule has 0 radical (unpaired) electrons. The predicted octanol–water partition coefficient (Wildman–Crippen LogP) is 5.43. The van der Waals surface area contributed by atoms with Crippen molar-refractivity contribution in [1.82, 2.24) is 4.90 Å². The highest BCUT2D eigenvalue weighted by atomic mass is 19.1. The van der Waals surface area contributed by atoms with Crippen LogP contribution in [0.3, 0.4) is 0 Å². The van der Waals surface area contributed by atoms with E-state index in [0.29, 0.717) is 42.5 Å². The topological polar surface area (TPSA) is 64.0 Å². The summed E-state index contributed by atoms with van der Waals surface area (Å²) < 4.78 is 34.8. The van der Waals surface area contributed by atoms with E-state index in [4.69, 9.17) is 18.9 Å². The second-order valence-electron chi connectivity index (χ2n) is 8.88. The van der Waals surface area contributed by atoms with Crippen molar-refractivity contribution in [1.29, 1.82) is 5.26 Å². The number of ether oxygens (including phenoxy) is 4. The second kappa shape index (κ2) is 13.8. The van der Waals surface area contributed by atoms with Crippen LogP contribution in [0.25, 0.3) is 0 Å². The SMILES string of the molecule is COc1ccc(CCN(CCF)CCC[C@](C#N)(c2ccc(OC)c(OC)c2)C(C)C)cc1OC. The minimum Gasteiger partial charge on any atom is -0.493 e. The van der Waals surface area contributed by atoms with Crippen molar-refractivity contribution in [3.8, 4) is 29.1 Å². The molecule has 0 aromatic heterocycles. The molecule has 0 aliphatic rings. The monoisotopic (exact) mass is 486 g/mol. The Hall–Kier alpha value is -2.98. The van der Waals surface area contributed by atoms with E-state index in [9.17, 15) is 9.65 Å². The maximum absolute atomic E-state index is 13.3. The van der Waals surface area contributed by atoms with E-state index in [1.54, 1.807) is 28.4 Å². The number of halogens is 1. The zero-order valence-electron chi connectivity index (χ0n) is 21.9. The van der Waals surface area contributed by atoms with E-state index < -0.39 is 12.1 Å². The van der Waals surface area contributed by atoms with Crippen LogP contribution < -0.4 is 18.9 Å². The number of methoxy groups -OCH3 is 4. The van der Waals surface area contributed by atoms with Crippen molar-refractivity contribution in [2.75, 3.05) is 54.7 Å². The van der Waals surface area contributed by atoms with Crippen LogP contribution in [-0.2, 0) is 11.8 Å². The fourth-order valence-corrected chi connectivity index (χ4v) is 4.49. The summed E-state index contributed by atoms with van der Waals surface area (Å²) in [5.74, 6) is 2.71. The number of nitrogens with zero attached hydrogens (tertiary/aromatic N) is 2. The van der Waals surface area contributed by atoms with Gasteiger partial charge in [-0.1, -0.05) is 26.0 Å². The molecule has 0 amide bonds. The van der Waals surface area contributed by atoms with E-state index in [0.717, 1.165) is 30.5 Å². The molecule has 0 spiro atoms. The molecule has 35 heavy (non-hydrogen) atoms. The van der Waals surface area contributed by atoms with E-state index in [2.05, 4.69) is 24.8 Å². The Balaban J connectivity index is 2.11. The Morgan fingerprint density at radius 2 is 1.46 bits per heavy atom. The summed E-state index contributed by atoms with van der Waals surface area (Å²) in [5.41, 5.74) is 1.34. The summed E-state index contributed by atoms with van der Waals surface area (Å²) in [6.07, 6.45) is 2.20. The summed E-state index contributed by atoms with van der Waals surface area (Å²) in [7, 11) is 6.42. The Bertz CT molecular complexity index is 976. The lowest BCUT2D eigenvalue weighted by Crippen LogP contribution is -2.34. The van der Waals surface area contributed by atoms with Crippen LogP contribution in [0.15, 0.2) is 36.4 Å². The van der Waals surface area contributed by atoms with Gasteiger partial charge in [-0.15, -0.1) is 0 Å². The van der Waals surface area contributed by atoms with E-state index >= 15 is 0 Å². The lowest BCUT2D eigenvalue weighted by atomic mass is 9.69.